The Hall–Kier alpha value is -1.40. The van der Waals surface area contributed by atoms with Gasteiger partial charge in [0, 0.05) is 12.8 Å². The van der Waals surface area contributed by atoms with Crippen LogP contribution in [0.5, 0.6) is 0 Å². The van der Waals surface area contributed by atoms with Crippen molar-refractivity contribution in [3.63, 3.8) is 0 Å². The number of ether oxygens (including phenoxy) is 1. The van der Waals surface area contributed by atoms with Crippen LogP contribution >= 0.6 is 0 Å². The molecule has 0 aromatic carbocycles. The van der Waals surface area contributed by atoms with Gasteiger partial charge in [0.25, 0.3) is 0 Å². The quantitative estimate of drug-likeness (QED) is 0.0320. The van der Waals surface area contributed by atoms with E-state index in [1.54, 1.807) is 0 Å². The first-order valence-electron chi connectivity index (χ1n) is 38.9. The first-order chi connectivity index (χ1) is 41.5. The fourth-order valence-electron chi connectivity index (χ4n) is 12.6. The molecule has 0 radical (unpaired) electrons. The van der Waals surface area contributed by atoms with E-state index in [1.165, 1.54) is 372 Å². The summed E-state index contributed by atoms with van der Waals surface area (Å²) in [5.74, 6) is -0.0136. The molecule has 0 aromatic heterocycles. The summed E-state index contributed by atoms with van der Waals surface area (Å²) < 4.78 is 5.50. The van der Waals surface area contributed by atoms with E-state index in [4.69, 9.17) is 4.74 Å². The first kappa shape index (κ1) is 82.6. The van der Waals surface area contributed by atoms with Crippen LogP contribution in [0.4, 0.5) is 0 Å². The van der Waals surface area contributed by atoms with Crippen LogP contribution in [0.15, 0.2) is 12.2 Å². The van der Waals surface area contributed by atoms with Crippen LogP contribution in [0.2, 0.25) is 0 Å². The van der Waals surface area contributed by atoms with E-state index in [-0.39, 0.29) is 18.5 Å². The predicted molar refractivity (Wildman–Crippen MR) is 370 cm³/mol. The van der Waals surface area contributed by atoms with Gasteiger partial charge in [-0.1, -0.05) is 398 Å². The number of aliphatic hydroxyl groups excluding tert-OH is 2. The van der Waals surface area contributed by atoms with E-state index >= 15 is 0 Å². The van der Waals surface area contributed by atoms with E-state index in [1.807, 2.05) is 0 Å². The number of hydrogen-bond acceptors (Lipinski definition) is 5. The lowest BCUT2D eigenvalue weighted by atomic mass is 10.0. The van der Waals surface area contributed by atoms with Crippen LogP contribution in [0.25, 0.3) is 0 Å². The monoisotopic (exact) mass is 1180 g/mol. The van der Waals surface area contributed by atoms with E-state index in [9.17, 15) is 19.8 Å². The van der Waals surface area contributed by atoms with Gasteiger partial charge in [-0.05, 0) is 51.4 Å². The van der Waals surface area contributed by atoms with Crippen molar-refractivity contribution in [1.29, 1.82) is 0 Å². The van der Waals surface area contributed by atoms with Crippen LogP contribution < -0.4 is 5.32 Å². The maximum atomic E-state index is 12.6. The Morgan fingerprint density at radius 2 is 0.560 bits per heavy atom. The Labute approximate surface area is 527 Å². The molecule has 0 aliphatic heterocycles. The van der Waals surface area contributed by atoms with Crippen LogP contribution in [0.3, 0.4) is 0 Å². The van der Waals surface area contributed by atoms with E-state index < -0.39 is 12.1 Å². The van der Waals surface area contributed by atoms with Gasteiger partial charge in [-0.25, -0.2) is 0 Å². The smallest absolute Gasteiger partial charge is 0.305 e. The number of aliphatic hydroxyl groups is 2. The Morgan fingerprint density at radius 3 is 0.845 bits per heavy atom. The largest absolute Gasteiger partial charge is 0.466 e. The van der Waals surface area contributed by atoms with E-state index in [2.05, 4.69) is 31.3 Å². The van der Waals surface area contributed by atoms with Crippen LogP contribution in [0.1, 0.15) is 450 Å². The summed E-state index contributed by atoms with van der Waals surface area (Å²) in [4.78, 5) is 24.7. The summed E-state index contributed by atoms with van der Waals surface area (Å²) in [7, 11) is 0. The predicted octanol–water partition coefficient (Wildman–Crippen LogP) is 25.5. The molecule has 2 unspecified atom stereocenters. The highest BCUT2D eigenvalue weighted by atomic mass is 16.5. The van der Waals surface area contributed by atoms with Crippen molar-refractivity contribution in [3.8, 4) is 0 Å². The van der Waals surface area contributed by atoms with Crippen molar-refractivity contribution in [2.24, 2.45) is 0 Å². The Bertz CT molecular complexity index is 1270. The number of rotatable bonds is 74. The molecule has 6 heteroatoms. The third kappa shape index (κ3) is 69.7. The molecule has 0 rings (SSSR count). The fraction of sp³-hybridized carbons (Fsp3) is 0.949. The SMILES string of the molecule is CCCCCCCC/C=C\CCCCCCCC(=O)OCCCCCCCCCCCCCCCCCCCCCCCCCCCCCCC(=O)NC(CO)C(O)CCCCCCCCCCCCCCCCCCCCCCCCCC. The van der Waals surface area contributed by atoms with Crippen molar-refractivity contribution in [2.75, 3.05) is 13.2 Å². The molecule has 0 aromatic rings. The molecule has 500 valence electrons. The summed E-state index contributed by atoms with van der Waals surface area (Å²) in [6.07, 6.45) is 92.9. The fourth-order valence-corrected chi connectivity index (χ4v) is 12.6. The van der Waals surface area contributed by atoms with Gasteiger partial charge in [0.05, 0.1) is 25.4 Å². The molecule has 0 heterocycles. The molecule has 84 heavy (non-hydrogen) atoms. The maximum absolute atomic E-state index is 12.6. The zero-order valence-electron chi connectivity index (χ0n) is 57.4. The van der Waals surface area contributed by atoms with Crippen molar-refractivity contribution < 1.29 is 24.5 Å². The third-order valence-corrected chi connectivity index (χ3v) is 18.6. The third-order valence-electron chi connectivity index (χ3n) is 18.6. The second-order valence-electron chi connectivity index (χ2n) is 27.0. The number of hydrogen-bond donors (Lipinski definition) is 3. The molecule has 0 aliphatic carbocycles. The minimum absolute atomic E-state index is 0.0122. The number of amides is 1. The number of carbonyl (C=O) groups is 2. The lowest BCUT2D eigenvalue weighted by molar-refractivity contribution is -0.143. The first-order valence-corrected chi connectivity index (χ1v) is 38.9. The topological polar surface area (TPSA) is 95.9 Å². The summed E-state index contributed by atoms with van der Waals surface area (Å²) in [5, 5.41) is 23.5. The molecule has 0 aliphatic rings. The molecule has 0 saturated carbocycles. The second kappa shape index (κ2) is 74.1. The van der Waals surface area contributed by atoms with Crippen LogP contribution in [-0.2, 0) is 14.3 Å². The van der Waals surface area contributed by atoms with Gasteiger partial charge in [-0.2, -0.15) is 0 Å². The van der Waals surface area contributed by atoms with Gasteiger partial charge < -0.3 is 20.3 Å². The van der Waals surface area contributed by atoms with Gasteiger partial charge in [-0.15, -0.1) is 0 Å². The molecule has 6 nitrogen and oxygen atoms in total. The van der Waals surface area contributed by atoms with Crippen molar-refractivity contribution >= 4 is 11.9 Å². The second-order valence-corrected chi connectivity index (χ2v) is 27.0. The summed E-state index contributed by atoms with van der Waals surface area (Å²) >= 11 is 0. The summed E-state index contributed by atoms with van der Waals surface area (Å²) in [6, 6.07) is -0.540. The summed E-state index contributed by atoms with van der Waals surface area (Å²) in [6.45, 7) is 5.00. The molecule has 0 saturated heterocycles. The number of allylic oxidation sites excluding steroid dienone is 2. The summed E-state index contributed by atoms with van der Waals surface area (Å²) in [5.41, 5.74) is 0. The maximum Gasteiger partial charge on any atom is 0.305 e. The Morgan fingerprint density at radius 1 is 0.321 bits per heavy atom. The molecule has 3 N–H and O–H groups in total. The van der Waals surface area contributed by atoms with Crippen molar-refractivity contribution in [3.05, 3.63) is 12.2 Å². The van der Waals surface area contributed by atoms with Gasteiger partial charge in [-0.3, -0.25) is 9.59 Å². The standard InChI is InChI=1S/C78H153NO5/c1-3-5-7-9-11-13-15-17-19-20-21-22-23-30-33-36-39-43-46-50-54-58-62-66-70-76(81)75(74-80)79-77(82)71-67-63-59-55-51-47-44-40-37-34-31-28-26-24-25-27-29-32-35-38-41-45-49-53-57-61-65-69-73-84-78(83)72-68-64-60-56-52-48-42-18-16-14-12-10-8-6-4-2/h18,42,75-76,80-81H,3-17,19-41,43-74H2,1-2H3,(H,79,82)/b42-18-. The molecular formula is C78H153NO5. The lowest BCUT2D eigenvalue weighted by Gasteiger charge is -2.22. The van der Waals surface area contributed by atoms with Gasteiger partial charge >= 0.3 is 5.97 Å². The highest BCUT2D eigenvalue weighted by molar-refractivity contribution is 5.76. The van der Waals surface area contributed by atoms with Gasteiger partial charge in [0.2, 0.25) is 5.91 Å². The highest BCUT2D eigenvalue weighted by Crippen LogP contribution is 2.20. The van der Waals surface area contributed by atoms with Gasteiger partial charge in [0.15, 0.2) is 0 Å². The van der Waals surface area contributed by atoms with E-state index in [0.717, 1.165) is 44.9 Å². The van der Waals surface area contributed by atoms with Crippen molar-refractivity contribution in [2.45, 2.75) is 463 Å². The average Bonchev–Trinajstić information content (AvgIpc) is 3.51. The van der Waals surface area contributed by atoms with Crippen molar-refractivity contribution in [1.82, 2.24) is 5.32 Å². The minimum Gasteiger partial charge on any atom is -0.466 e. The number of esters is 1. The van der Waals surface area contributed by atoms with Crippen LogP contribution in [0, 0.1) is 0 Å². The molecule has 2 atom stereocenters. The normalized spacial score (nSPS) is 12.5. The molecule has 0 spiro atoms. The number of nitrogens with one attached hydrogen (secondary N) is 1. The molecule has 1 amide bonds. The number of unbranched alkanes of at least 4 members (excludes halogenated alkanes) is 61. The zero-order chi connectivity index (χ0) is 60.6. The Balaban J connectivity index is 3.34. The minimum atomic E-state index is -0.663. The van der Waals surface area contributed by atoms with Crippen LogP contribution in [-0.4, -0.2) is 47.4 Å². The molecule has 0 fully saturated rings. The molecular weight excluding hydrogens is 1030 g/mol. The van der Waals surface area contributed by atoms with Gasteiger partial charge in [0.1, 0.15) is 0 Å². The molecule has 0 bridgehead atoms. The highest BCUT2D eigenvalue weighted by Gasteiger charge is 2.20. The van der Waals surface area contributed by atoms with E-state index in [0.29, 0.717) is 25.9 Å². The number of carbonyl (C=O) groups excluding carboxylic acids is 2. The average molecular weight is 1190 g/mol. The Kier molecular flexibility index (Phi) is 72.8. The zero-order valence-corrected chi connectivity index (χ0v) is 57.4. The lowest BCUT2D eigenvalue weighted by Crippen LogP contribution is -2.45.